The fourth-order valence-corrected chi connectivity index (χ4v) is 4.64. The van der Waals surface area contributed by atoms with Crippen molar-refractivity contribution in [2.24, 2.45) is 0 Å². The van der Waals surface area contributed by atoms with E-state index in [1.165, 1.54) is 12.1 Å². The van der Waals surface area contributed by atoms with Gasteiger partial charge in [-0.3, -0.25) is 0 Å². The zero-order valence-electron chi connectivity index (χ0n) is 22.1. The highest BCUT2D eigenvalue weighted by Gasteiger charge is 2.28. The zero-order valence-corrected chi connectivity index (χ0v) is 22.9. The highest BCUT2D eigenvalue weighted by Crippen LogP contribution is 2.35. The summed E-state index contributed by atoms with van der Waals surface area (Å²) in [6.45, 7) is 5.18. The smallest absolute Gasteiger partial charge is 0.408 e. The summed E-state index contributed by atoms with van der Waals surface area (Å²) in [5, 5.41) is 4.25. The van der Waals surface area contributed by atoms with E-state index in [0.29, 0.717) is 10.9 Å². The van der Waals surface area contributed by atoms with Crippen molar-refractivity contribution in [1.82, 2.24) is 10.3 Å². The molecule has 0 spiro atoms. The predicted molar refractivity (Wildman–Crippen MR) is 154 cm³/mol. The number of H-pyrrole nitrogens is 1. The van der Waals surface area contributed by atoms with Crippen LogP contribution in [0.3, 0.4) is 0 Å². The van der Waals surface area contributed by atoms with Crippen LogP contribution in [0.15, 0.2) is 88.2 Å². The lowest BCUT2D eigenvalue weighted by Gasteiger charge is -2.23. The lowest BCUT2D eigenvalue weighted by Crippen LogP contribution is -2.46. The minimum atomic E-state index is -1.11. The van der Waals surface area contributed by atoms with E-state index in [9.17, 15) is 14.4 Å². The van der Waals surface area contributed by atoms with E-state index >= 15 is 0 Å². The van der Waals surface area contributed by atoms with Crippen LogP contribution in [0.4, 0.5) is 4.79 Å². The molecule has 0 fully saturated rings. The summed E-state index contributed by atoms with van der Waals surface area (Å²) in [5.74, 6) is -0.776. The molecule has 0 saturated heterocycles. The number of alkyl carbamates (subject to hydrolysis) is 1. The van der Waals surface area contributed by atoms with Crippen LogP contribution in [0.5, 0.6) is 5.75 Å². The fourth-order valence-electron chi connectivity index (χ4n) is 4.44. The Labute approximate surface area is 234 Å². The fraction of sp³-hybridized carbons (Fsp3) is 0.194. The van der Waals surface area contributed by atoms with Gasteiger partial charge in [0.15, 0.2) is 5.75 Å². The Morgan fingerprint density at radius 1 is 1.00 bits per heavy atom. The molecule has 0 radical (unpaired) electrons. The van der Waals surface area contributed by atoms with Gasteiger partial charge in [-0.2, -0.15) is 0 Å². The average molecular weight is 559 g/mol. The normalized spacial score (nSPS) is 12.3. The van der Waals surface area contributed by atoms with Gasteiger partial charge in [-0.05, 0) is 49.6 Å². The molecule has 5 aromatic rings. The highest BCUT2D eigenvalue weighted by molar-refractivity contribution is 6.33. The van der Waals surface area contributed by atoms with Crippen molar-refractivity contribution in [1.29, 1.82) is 0 Å². The maximum Gasteiger partial charge on any atom is 0.408 e. The maximum absolute atomic E-state index is 13.5. The first-order valence-electron chi connectivity index (χ1n) is 12.7. The molecule has 40 heavy (non-hydrogen) atoms. The van der Waals surface area contributed by atoms with Crippen LogP contribution in [-0.2, 0) is 16.0 Å². The van der Waals surface area contributed by atoms with Gasteiger partial charge in [0.2, 0.25) is 0 Å². The van der Waals surface area contributed by atoms with Crippen LogP contribution < -0.4 is 15.7 Å². The van der Waals surface area contributed by atoms with E-state index < -0.39 is 29.3 Å². The number of hydrogen-bond donors (Lipinski definition) is 2. The number of fused-ring (bicyclic) bond motifs is 2. The Balaban J connectivity index is 1.47. The van der Waals surface area contributed by atoms with Crippen molar-refractivity contribution in [2.75, 3.05) is 0 Å². The molecule has 2 heterocycles. The van der Waals surface area contributed by atoms with Gasteiger partial charge < -0.3 is 24.2 Å². The van der Waals surface area contributed by atoms with Crippen molar-refractivity contribution in [3.05, 3.63) is 100.0 Å². The number of para-hydroxylation sites is 1. The molecule has 2 aromatic heterocycles. The Hall–Kier alpha value is -4.56. The second kappa shape index (κ2) is 10.9. The zero-order chi connectivity index (χ0) is 28.4. The highest BCUT2D eigenvalue weighted by atomic mass is 35.5. The number of ether oxygens (including phenoxy) is 2. The van der Waals surface area contributed by atoms with E-state index in [2.05, 4.69) is 10.3 Å². The van der Waals surface area contributed by atoms with Crippen molar-refractivity contribution in [3.63, 3.8) is 0 Å². The summed E-state index contributed by atoms with van der Waals surface area (Å²) < 4.78 is 16.5. The number of rotatable bonds is 6. The van der Waals surface area contributed by atoms with E-state index in [1.807, 2.05) is 54.6 Å². The largest absolute Gasteiger partial charge is 0.444 e. The Kier molecular flexibility index (Phi) is 7.36. The van der Waals surface area contributed by atoms with Gasteiger partial charge in [0, 0.05) is 41.0 Å². The summed E-state index contributed by atoms with van der Waals surface area (Å²) in [5.41, 5.74) is 2.01. The standard InChI is InChI=1S/C31H27ClN2O6/c1-31(2,3)40-30(37)34-25(13-19-17-33-24-12-8-7-11-20(19)24)29(36)39-27-16-26-22(14-23(27)32)21(15-28(35)38-26)18-9-5-4-6-10-18/h4-12,14-17,25,33H,13H2,1-3H3,(H,34,37)/t25-/m1/s1. The molecule has 0 aliphatic heterocycles. The molecular formula is C31H27ClN2O6. The first kappa shape index (κ1) is 27.0. The van der Waals surface area contributed by atoms with Gasteiger partial charge in [-0.15, -0.1) is 0 Å². The molecule has 9 heteroatoms. The monoisotopic (exact) mass is 558 g/mol. The number of carbonyl (C=O) groups excluding carboxylic acids is 2. The van der Waals surface area contributed by atoms with Crippen molar-refractivity contribution in [3.8, 4) is 16.9 Å². The van der Waals surface area contributed by atoms with E-state index in [4.69, 9.17) is 25.5 Å². The number of aromatic nitrogens is 1. The van der Waals surface area contributed by atoms with Gasteiger partial charge in [-0.1, -0.05) is 60.1 Å². The molecule has 2 N–H and O–H groups in total. The van der Waals surface area contributed by atoms with E-state index in [-0.39, 0.29) is 22.8 Å². The minimum Gasteiger partial charge on any atom is -0.444 e. The number of amides is 1. The Bertz CT molecular complexity index is 1770. The Morgan fingerprint density at radius 2 is 1.73 bits per heavy atom. The lowest BCUT2D eigenvalue weighted by atomic mass is 10.0. The van der Waals surface area contributed by atoms with Gasteiger partial charge in [0.05, 0.1) is 5.02 Å². The molecule has 204 valence electrons. The molecule has 1 amide bonds. The van der Waals surface area contributed by atoms with Crippen LogP contribution in [-0.4, -0.2) is 28.7 Å². The first-order chi connectivity index (χ1) is 19.1. The number of hydrogen-bond acceptors (Lipinski definition) is 6. The first-order valence-corrected chi connectivity index (χ1v) is 13.0. The molecule has 0 unspecified atom stereocenters. The van der Waals surface area contributed by atoms with E-state index in [1.54, 1.807) is 33.0 Å². The number of halogens is 1. The molecule has 0 saturated carbocycles. The summed E-state index contributed by atoms with van der Waals surface area (Å²) in [7, 11) is 0. The van der Waals surface area contributed by atoms with Crippen molar-refractivity contribution >= 4 is 45.5 Å². The summed E-state index contributed by atoms with van der Waals surface area (Å²) >= 11 is 6.55. The van der Waals surface area contributed by atoms with Crippen molar-refractivity contribution < 1.29 is 23.5 Å². The SMILES string of the molecule is CC(C)(C)OC(=O)N[C@H](Cc1c[nH]c2ccccc12)C(=O)Oc1cc2oc(=O)cc(-c3ccccc3)c2cc1Cl. The van der Waals surface area contributed by atoms with Crippen LogP contribution in [0, 0.1) is 0 Å². The predicted octanol–water partition coefficient (Wildman–Crippen LogP) is 6.64. The molecule has 1 atom stereocenters. The second-order valence-electron chi connectivity index (χ2n) is 10.3. The maximum atomic E-state index is 13.5. The third-order valence-electron chi connectivity index (χ3n) is 6.17. The Morgan fingerprint density at radius 3 is 2.48 bits per heavy atom. The molecule has 0 aliphatic carbocycles. The molecule has 0 aliphatic rings. The summed E-state index contributed by atoms with van der Waals surface area (Å²) in [6.07, 6.45) is 1.14. The van der Waals surface area contributed by atoms with Crippen LogP contribution in [0.1, 0.15) is 26.3 Å². The number of aromatic amines is 1. The van der Waals surface area contributed by atoms with Crippen LogP contribution in [0.2, 0.25) is 5.02 Å². The summed E-state index contributed by atoms with van der Waals surface area (Å²) in [6, 6.07) is 20.2. The van der Waals surface area contributed by atoms with Crippen LogP contribution >= 0.6 is 11.6 Å². The molecule has 3 aromatic carbocycles. The molecular weight excluding hydrogens is 532 g/mol. The third kappa shape index (κ3) is 6.02. The quantitative estimate of drug-likeness (QED) is 0.137. The molecule has 8 nitrogen and oxygen atoms in total. The average Bonchev–Trinajstić information content (AvgIpc) is 3.31. The number of esters is 1. The van der Waals surface area contributed by atoms with Gasteiger partial charge in [0.1, 0.15) is 17.2 Å². The summed E-state index contributed by atoms with van der Waals surface area (Å²) in [4.78, 5) is 41.6. The van der Waals surface area contributed by atoms with Crippen molar-refractivity contribution in [2.45, 2.75) is 38.8 Å². The molecule has 5 rings (SSSR count). The topological polar surface area (TPSA) is 111 Å². The minimum absolute atomic E-state index is 0.0116. The number of benzene rings is 3. The van der Waals surface area contributed by atoms with Gasteiger partial charge >= 0.3 is 17.7 Å². The second-order valence-corrected chi connectivity index (χ2v) is 10.7. The van der Waals surface area contributed by atoms with Gasteiger partial charge in [0.25, 0.3) is 0 Å². The lowest BCUT2D eigenvalue weighted by molar-refractivity contribution is -0.136. The van der Waals surface area contributed by atoms with Crippen LogP contribution in [0.25, 0.3) is 33.0 Å². The number of carbonyl (C=O) groups is 2. The van der Waals surface area contributed by atoms with Gasteiger partial charge in [-0.25, -0.2) is 14.4 Å². The molecule has 0 bridgehead atoms. The number of nitrogens with one attached hydrogen (secondary N) is 2. The third-order valence-corrected chi connectivity index (χ3v) is 6.46. The van der Waals surface area contributed by atoms with E-state index in [0.717, 1.165) is 22.0 Å².